The number of hydrogen-bond donors (Lipinski definition) is 6. The van der Waals surface area contributed by atoms with Crippen molar-refractivity contribution in [2.45, 2.75) is 110 Å². The molecule has 10 rings (SSSR count). The standard InChI is InChI=1S/C56H62FN7O21S/c1-7-56(83-41(68)21-65)33-16-36-43-31(20-63(36)50(73)32(33)22-80-53(56)76)29-9-8-10-30-42(29)35(58-43)17-34(57)47(30)85-86(77,78)84-38-15-27(11-12-37(38)81-52-46(71)44(69)45(70)48(82-52)51(74)75)49(72)61(6)23-54(2,3)25-79-26-55(4,5)24-62-18-28(59-60-62)19-64-39(66)13-14-40(64)67/h11-18,44-46,48,52,65,69-71H,7-10,19-26H2,1-6H3,(H3,58,59,60,66,67,73,74,75)/p-1/t44-,45-,46+,48-,52+,56-/m0/s1. The number of fused-ring (bicyclic) bond motifs is 5. The lowest BCUT2D eigenvalue weighted by atomic mass is 9.85. The summed E-state index contributed by atoms with van der Waals surface area (Å²) in [6.07, 6.45) is -6.03. The van der Waals surface area contributed by atoms with Crippen molar-refractivity contribution < 1.29 is 99.2 Å². The van der Waals surface area contributed by atoms with Gasteiger partial charge in [0.2, 0.25) is 11.9 Å². The molecule has 6 atom stereocenters. The molecule has 0 radical (unpaired) electrons. The molecule has 4 aromatic rings. The normalized spacial score (nSPS) is 22.4. The van der Waals surface area contributed by atoms with Crippen molar-refractivity contribution in [2.24, 2.45) is 10.8 Å². The Labute approximate surface area is 489 Å². The minimum Gasteiger partial charge on any atom is -0.605 e. The topological polar surface area (TPSA) is 373 Å². The zero-order valence-corrected chi connectivity index (χ0v) is 48.0. The van der Waals surface area contributed by atoms with Crippen LogP contribution in [0, 0.1) is 16.6 Å². The lowest BCUT2D eigenvalue weighted by molar-refractivity contribution is -0.271. The van der Waals surface area contributed by atoms with Crippen molar-refractivity contribution in [3.05, 3.63) is 109 Å². The second-order valence-electron chi connectivity index (χ2n) is 23.2. The summed E-state index contributed by atoms with van der Waals surface area (Å²) in [5.74, 6) is -8.86. The van der Waals surface area contributed by atoms with Gasteiger partial charge in [-0.25, -0.2) is 23.8 Å². The summed E-state index contributed by atoms with van der Waals surface area (Å²) in [4.78, 5) is 97.4. The van der Waals surface area contributed by atoms with Gasteiger partial charge in [0.05, 0.1) is 42.2 Å². The SMILES string of the molecule is CC[C@@]1(OC(=O)CO)C(=O)OCc2c1cc1n(c2=O)Cc2c-1nc1cc(F)c(OS(=O)(=O)Oc3cc(C(=O)N(C)CC(C)(C)COCC(C)(C)CN4C=C(CN5C(=O)C=CC5=O)[N-]N4)ccc3O[C@@H]3O[C@H](C(=O)O)[C@@H](O)[C@H](O)[C@H]3O)c3c1c2CCC3. The summed E-state index contributed by atoms with van der Waals surface area (Å²) in [5, 5.41) is 53.0. The van der Waals surface area contributed by atoms with Gasteiger partial charge >= 0.3 is 28.3 Å². The highest BCUT2D eigenvalue weighted by Crippen LogP contribution is 2.46. The van der Waals surface area contributed by atoms with Crippen LogP contribution in [0.5, 0.6) is 17.2 Å². The Morgan fingerprint density at radius 1 is 0.930 bits per heavy atom. The summed E-state index contributed by atoms with van der Waals surface area (Å²) in [6.45, 7) is 8.38. The number of ether oxygens (including phenoxy) is 5. The fraction of sp³-hybridized carbons (Fsp3) is 0.464. The summed E-state index contributed by atoms with van der Waals surface area (Å²) in [6, 6.07) is 5.55. The quantitative estimate of drug-likeness (QED) is 0.0444. The number of aromatic nitrogens is 2. The molecule has 2 aromatic heterocycles. The number of pyridine rings is 2. The van der Waals surface area contributed by atoms with E-state index in [9.17, 15) is 67.5 Å². The number of benzene rings is 2. The lowest BCUT2D eigenvalue weighted by Gasteiger charge is -2.38. The number of carbonyl (C=O) groups is 6. The van der Waals surface area contributed by atoms with E-state index in [1.165, 1.54) is 47.7 Å². The van der Waals surface area contributed by atoms with Gasteiger partial charge in [0.25, 0.3) is 23.3 Å². The molecule has 3 amide bonds. The number of hydrogen-bond acceptors (Lipinski definition) is 23. The van der Waals surface area contributed by atoms with Crippen LogP contribution in [0.1, 0.15) is 85.6 Å². The fourth-order valence-electron chi connectivity index (χ4n) is 11.5. The summed E-state index contributed by atoms with van der Waals surface area (Å²) in [5.41, 5.74) is 5.16. The van der Waals surface area contributed by atoms with E-state index in [0.717, 1.165) is 23.1 Å². The number of halogens is 1. The molecule has 7 heterocycles. The Kier molecular flexibility index (Phi) is 16.3. The number of aryl methyl sites for hydroxylation is 2. The van der Waals surface area contributed by atoms with E-state index in [0.29, 0.717) is 41.6 Å². The average molecular weight is 1220 g/mol. The van der Waals surface area contributed by atoms with Crippen molar-refractivity contribution in [1.29, 1.82) is 0 Å². The van der Waals surface area contributed by atoms with E-state index < -0.39 is 135 Å². The minimum atomic E-state index is -5.50. The molecule has 6 N–H and O–H groups in total. The van der Waals surface area contributed by atoms with Crippen LogP contribution >= 0.6 is 0 Å². The van der Waals surface area contributed by atoms with Gasteiger partial charge in [0, 0.05) is 83.4 Å². The van der Waals surface area contributed by atoms with Crippen LogP contribution in [0.2, 0.25) is 0 Å². The predicted octanol–water partition coefficient (Wildman–Crippen LogP) is 1.24. The van der Waals surface area contributed by atoms with E-state index in [1.54, 1.807) is 11.2 Å². The van der Waals surface area contributed by atoms with Crippen molar-refractivity contribution in [2.75, 3.05) is 46.5 Å². The number of rotatable bonds is 21. The maximum Gasteiger partial charge on any atom is 0.501 e. The molecule has 1 saturated heterocycles. The maximum absolute atomic E-state index is 16.7. The number of nitrogens with zero attached hydrogens (tertiary/aromatic N) is 6. The molecule has 0 spiro atoms. The number of carboxylic acids is 1. The number of carboxylic acid groups (broad SMARTS) is 1. The smallest absolute Gasteiger partial charge is 0.501 e. The minimum absolute atomic E-state index is 0.0111. The molecule has 0 unspecified atom stereocenters. The molecule has 0 bridgehead atoms. The maximum atomic E-state index is 16.7. The third-order valence-electron chi connectivity index (χ3n) is 15.4. The Balaban J connectivity index is 0.894. The van der Waals surface area contributed by atoms with Crippen molar-refractivity contribution in [1.82, 2.24) is 29.9 Å². The number of imide groups is 1. The summed E-state index contributed by atoms with van der Waals surface area (Å²) in [7, 11) is -4.03. The number of hydrazine groups is 1. The Hall–Kier alpha value is -8.10. The Bertz CT molecular complexity index is 3740. The fourth-order valence-corrected chi connectivity index (χ4v) is 12.2. The van der Waals surface area contributed by atoms with Gasteiger partial charge in [-0.15, -0.1) is 14.1 Å². The van der Waals surface area contributed by atoms with Crippen LogP contribution in [0.4, 0.5) is 4.39 Å². The zero-order chi connectivity index (χ0) is 62.1. The largest absolute Gasteiger partial charge is 0.605 e. The zero-order valence-electron chi connectivity index (χ0n) is 47.2. The molecule has 86 heavy (non-hydrogen) atoms. The first-order chi connectivity index (χ1) is 40.5. The first-order valence-electron chi connectivity index (χ1n) is 27.2. The number of aliphatic carboxylic acids is 1. The van der Waals surface area contributed by atoms with Crippen LogP contribution in [-0.4, -0.2) is 171 Å². The second kappa shape index (κ2) is 23.0. The highest BCUT2D eigenvalue weighted by molar-refractivity contribution is 7.82. The Morgan fingerprint density at radius 2 is 1.64 bits per heavy atom. The van der Waals surface area contributed by atoms with Gasteiger partial charge in [-0.1, -0.05) is 34.6 Å². The molecule has 460 valence electrons. The number of cyclic esters (lactones) is 1. The van der Waals surface area contributed by atoms with Crippen LogP contribution in [0.15, 0.2) is 59.2 Å². The van der Waals surface area contributed by atoms with E-state index in [-0.39, 0.29) is 84.8 Å². The van der Waals surface area contributed by atoms with Gasteiger partial charge in [-0.3, -0.25) is 24.1 Å². The molecular formula is C56H61FN7O21S-. The van der Waals surface area contributed by atoms with Gasteiger partial charge in [0.15, 0.2) is 29.2 Å². The highest BCUT2D eigenvalue weighted by Gasteiger charge is 2.51. The average Bonchev–Trinajstić information content (AvgIpc) is 1.45. The lowest BCUT2D eigenvalue weighted by Crippen LogP contribution is -2.61. The first kappa shape index (κ1) is 61.0. The number of nitrogens with one attached hydrogen (secondary N) is 1. The number of aliphatic hydroxyl groups excluding tert-OH is 4. The van der Waals surface area contributed by atoms with Gasteiger partial charge in [-0.05, 0) is 61.7 Å². The number of aliphatic hydroxyl groups is 4. The van der Waals surface area contributed by atoms with E-state index in [4.69, 9.17) is 37.0 Å². The van der Waals surface area contributed by atoms with Crippen LogP contribution < -0.4 is 24.2 Å². The first-order valence-corrected chi connectivity index (χ1v) is 28.5. The van der Waals surface area contributed by atoms with E-state index >= 15 is 4.39 Å². The van der Waals surface area contributed by atoms with Gasteiger partial charge < -0.3 is 83.0 Å². The van der Waals surface area contributed by atoms with Crippen LogP contribution in [0.25, 0.3) is 27.7 Å². The number of esters is 2. The third-order valence-corrected chi connectivity index (χ3v) is 16.2. The van der Waals surface area contributed by atoms with E-state index in [1.807, 2.05) is 27.7 Å². The van der Waals surface area contributed by atoms with E-state index in [2.05, 4.69) is 11.0 Å². The van der Waals surface area contributed by atoms with Crippen LogP contribution in [0.3, 0.4) is 0 Å². The molecular weight excluding hydrogens is 1160 g/mol. The molecule has 0 saturated carbocycles. The summed E-state index contributed by atoms with van der Waals surface area (Å²) >= 11 is 0. The van der Waals surface area contributed by atoms with Gasteiger partial charge in [0.1, 0.15) is 31.5 Å². The van der Waals surface area contributed by atoms with Crippen LogP contribution in [-0.2, 0) is 84.9 Å². The summed E-state index contributed by atoms with van der Waals surface area (Å²) < 4.78 is 85.4. The molecule has 1 aliphatic carbocycles. The van der Waals surface area contributed by atoms with Crippen molar-refractivity contribution >= 4 is 56.9 Å². The second-order valence-corrected chi connectivity index (χ2v) is 24.3. The Morgan fingerprint density at radius 3 is 2.34 bits per heavy atom. The third kappa shape index (κ3) is 11.6. The predicted molar refractivity (Wildman–Crippen MR) is 292 cm³/mol. The molecule has 6 aliphatic rings. The van der Waals surface area contributed by atoms with Gasteiger partial charge in [-0.2, -0.15) is 0 Å². The van der Waals surface area contributed by atoms with Crippen molar-refractivity contribution in [3.8, 4) is 28.6 Å². The van der Waals surface area contributed by atoms with Crippen molar-refractivity contribution in [3.63, 3.8) is 0 Å². The number of carbonyl (C=O) groups excluding carboxylic acids is 5. The molecule has 1 fully saturated rings. The molecule has 5 aliphatic heterocycles. The molecule has 2 aromatic carbocycles. The number of amides is 3. The molecule has 30 heteroatoms. The molecule has 28 nitrogen and oxygen atoms in total. The monoisotopic (exact) mass is 1220 g/mol. The highest BCUT2D eigenvalue weighted by atomic mass is 32.3.